The van der Waals surface area contributed by atoms with Crippen LogP contribution in [0.2, 0.25) is 0 Å². The van der Waals surface area contributed by atoms with Crippen LogP contribution in [0.15, 0.2) is 48.6 Å². The summed E-state index contributed by atoms with van der Waals surface area (Å²) in [5.74, 6) is -0.739. The highest BCUT2D eigenvalue weighted by atomic mass is 16.5. The Bertz CT molecular complexity index is 734. The van der Waals surface area contributed by atoms with Gasteiger partial charge in [0.2, 0.25) is 0 Å². The molecule has 0 radical (unpaired) electrons. The maximum atomic E-state index is 12.5. The first-order chi connectivity index (χ1) is 21.1. The highest BCUT2D eigenvalue weighted by Crippen LogP contribution is 2.18. The molecule has 0 aliphatic heterocycles. The summed E-state index contributed by atoms with van der Waals surface area (Å²) in [5.41, 5.74) is 0. The molecule has 4 nitrogen and oxygen atoms in total. The Kier molecular flexibility index (Phi) is 32.7. The lowest BCUT2D eigenvalue weighted by atomic mass is 10.0. The molecule has 0 aliphatic rings. The van der Waals surface area contributed by atoms with E-state index >= 15 is 0 Å². The van der Waals surface area contributed by atoms with Crippen molar-refractivity contribution in [2.45, 2.75) is 187 Å². The van der Waals surface area contributed by atoms with Gasteiger partial charge in [-0.2, -0.15) is 0 Å². The maximum absolute atomic E-state index is 12.5. The zero-order valence-electron chi connectivity index (χ0n) is 28.3. The standard InChI is InChI=1S/C39H68O4/c1-3-5-7-9-11-12-13-14-15-16-17-18-19-20-21-22-23-28-32-36-39(42)43-37(33-29-25-10-8-6-4-2)34-30-26-24-27-31-35-38(40)41/h11-12,14-15,17-18,20-21,37H,3-10,13,16,19,22-36H2,1-2H3,(H,40,41)/b12-11-,15-14-,18-17-,21-20-. The fourth-order valence-electron chi connectivity index (χ4n) is 5.11. The molecule has 1 atom stereocenters. The van der Waals surface area contributed by atoms with E-state index in [0.717, 1.165) is 96.3 Å². The molecule has 1 unspecified atom stereocenters. The molecule has 0 amide bonds. The lowest BCUT2D eigenvalue weighted by Gasteiger charge is -2.18. The summed E-state index contributed by atoms with van der Waals surface area (Å²) in [5, 5.41) is 8.77. The molecule has 43 heavy (non-hydrogen) atoms. The normalized spacial score (nSPS) is 12.8. The quantitative estimate of drug-likeness (QED) is 0.0474. The molecule has 0 bridgehead atoms. The van der Waals surface area contributed by atoms with Gasteiger partial charge in [0.05, 0.1) is 0 Å². The Morgan fingerprint density at radius 2 is 0.907 bits per heavy atom. The van der Waals surface area contributed by atoms with Gasteiger partial charge in [-0.25, -0.2) is 0 Å². The molecule has 0 aromatic heterocycles. The second-order valence-corrected chi connectivity index (χ2v) is 12.1. The Balaban J connectivity index is 3.98. The first-order valence-corrected chi connectivity index (χ1v) is 18.1. The van der Waals surface area contributed by atoms with Crippen LogP contribution in [0.5, 0.6) is 0 Å². The fraction of sp³-hybridized carbons (Fsp3) is 0.744. The van der Waals surface area contributed by atoms with Crippen molar-refractivity contribution in [3.8, 4) is 0 Å². The van der Waals surface area contributed by atoms with E-state index in [-0.39, 0.29) is 18.5 Å². The molecule has 4 heteroatoms. The van der Waals surface area contributed by atoms with Gasteiger partial charge < -0.3 is 9.84 Å². The molecule has 1 N–H and O–H groups in total. The molecule has 0 spiro atoms. The van der Waals surface area contributed by atoms with Crippen molar-refractivity contribution < 1.29 is 19.4 Å². The molecule has 0 saturated carbocycles. The average Bonchev–Trinajstić information content (AvgIpc) is 2.99. The van der Waals surface area contributed by atoms with Crippen molar-refractivity contribution in [1.82, 2.24) is 0 Å². The van der Waals surface area contributed by atoms with Crippen molar-refractivity contribution in [1.29, 1.82) is 0 Å². The lowest BCUT2D eigenvalue weighted by Crippen LogP contribution is -2.18. The third kappa shape index (κ3) is 34.3. The third-order valence-corrected chi connectivity index (χ3v) is 7.80. The van der Waals surface area contributed by atoms with Crippen LogP contribution in [0, 0.1) is 0 Å². The molecule has 0 heterocycles. The van der Waals surface area contributed by atoms with E-state index in [2.05, 4.69) is 62.5 Å². The number of esters is 1. The van der Waals surface area contributed by atoms with Gasteiger partial charge in [-0.15, -0.1) is 0 Å². The van der Waals surface area contributed by atoms with Crippen LogP contribution in [-0.2, 0) is 14.3 Å². The minimum Gasteiger partial charge on any atom is -0.481 e. The van der Waals surface area contributed by atoms with E-state index in [1.165, 1.54) is 57.8 Å². The number of allylic oxidation sites excluding steroid dienone is 8. The maximum Gasteiger partial charge on any atom is 0.306 e. The Hall–Kier alpha value is -2.10. The number of carboxylic acid groups (broad SMARTS) is 1. The van der Waals surface area contributed by atoms with E-state index in [4.69, 9.17) is 9.84 Å². The van der Waals surface area contributed by atoms with E-state index < -0.39 is 5.97 Å². The SMILES string of the molecule is CCCCC/C=C\C/C=C\C/C=C\C/C=C\CCCCCC(=O)OC(CCCCCCCC)CCCCCCCC(=O)O. The van der Waals surface area contributed by atoms with Crippen LogP contribution in [0.3, 0.4) is 0 Å². The summed E-state index contributed by atoms with van der Waals surface area (Å²) in [7, 11) is 0. The number of unbranched alkanes of at least 4 members (excludes halogenated alkanes) is 15. The minimum absolute atomic E-state index is 0.0323. The van der Waals surface area contributed by atoms with Crippen molar-refractivity contribution in [3.63, 3.8) is 0 Å². The zero-order chi connectivity index (χ0) is 31.5. The number of rotatable bonds is 32. The van der Waals surface area contributed by atoms with Crippen LogP contribution in [0.4, 0.5) is 0 Å². The molecule has 0 aliphatic carbocycles. The number of carbonyl (C=O) groups is 2. The molecular weight excluding hydrogens is 532 g/mol. The van der Waals surface area contributed by atoms with Crippen molar-refractivity contribution in [3.05, 3.63) is 48.6 Å². The topological polar surface area (TPSA) is 63.6 Å². The van der Waals surface area contributed by atoms with Gasteiger partial charge in [0.25, 0.3) is 0 Å². The van der Waals surface area contributed by atoms with Crippen molar-refractivity contribution in [2.24, 2.45) is 0 Å². The van der Waals surface area contributed by atoms with E-state index in [1.807, 2.05) is 0 Å². The minimum atomic E-state index is -0.707. The Labute approximate surface area is 266 Å². The number of ether oxygens (including phenoxy) is 1. The van der Waals surface area contributed by atoms with Crippen LogP contribution in [0.25, 0.3) is 0 Å². The van der Waals surface area contributed by atoms with Crippen LogP contribution < -0.4 is 0 Å². The van der Waals surface area contributed by atoms with Crippen LogP contribution in [-0.4, -0.2) is 23.1 Å². The molecule has 248 valence electrons. The third-order valence-electron chi connectivity index (χ3n) is 7.80. The largest absolute Gasteiger partial charge is 0.481 e. The lowest BCUT2D eigenvalue weighted by molar-refractivity contribution is -0.150. The Morgan fingerprint density at radius 3 is 1.44 bits per heavy atom. The molecular formula is C39H68O4. The van der Waals surface area contributed by atoms with Gasteiger partial charge in [0, 0.05) is 12.8 Å². The smallest absolute Gasteiger partial charge is 0.306 e. The first kappa shape index (κ1) is 40.9. The summed E-state index contributed by atoms with van der Waals surface area (Å²) in [6.45, 7) is 4.48. The molecule has 0 aromatic carbocycles. The number of carboxylic acids is 1. The number of hydrogen-bond donors (Lipinski definition) is 1. The highest BCUT2D eigenvalue weighted by molar-refractivity contribution is 5.69. The van der Waals surface area contributed by atoms with Gasteiger partial charge >= 0.3 is 11.9 Å². The van der Waals surface area contributed by atoms with Gasteiger partial charge in [0.1, 0.15) is 6.10 Å². The van der Waals surface area contributed by atoms with Crippen molar-refractivity contribution >= 4 is 11.9 Å². The van der Waals surface area contributed by atoms with Gasteiger partial charge in [-0.3, -0.25) is 9.59 Å². The summed E-state index contributed by atoms with van der Waals surface area (Å²) in [6.07, 6.45) is 45.5. The van der Waals surface area contributed by atoms with E-state index in [0.29, 0.717) is 6.42 Å². The highest BCUT2D eigenvalue weighted by Gasteiger charge is 2.14. The number of carbonyl (C=O) groups excluding carboxylic acids is 1. The van der Waals surface area contributed by atoms with E-state index in [9.17, 15) is 9.59 Å². The molecule has 0 aromatic rings. The fourth-order valence-corrected chi connectivity index (χ4v) is 5.11. The summed E-state index contributed by atoms with van der Waals surface area (Å²) in [4.78, 5) is 23.2. The van der Waals surface area contributed by atoms with Crippen molar-refractivity contribution in [2.75, 3.05) is 0 Å². The second-order valence-electron chi connectivity index (χ2n) is 12.1. The molecule has 0 saturated heterocycles. The molecule has 0 rings (SSSR count). The predicted octanol–water partition coefficient (Wildman–Crippen LogP) is 12.4. The van der Waals surface area contributed by atoms with E-state index in [1.54, 1.807) is 0 Å². The number of hydrogen-bond acceptors (Lipinski definition) is 3. The molecule has 0 fully saturated rings. The monoisotopic (exact) mass is 601 g/mol. The summed E-state index contributed by atoms with van der Waals surface area (Å²) >= 11 is 0. The summed E-state index contributed by atoms with van der Waals surface area (Å²) in [6, 6.07) is 0. The van der Waals surface area contributed by atoms with Crippen LogP contribution >= 0.6 is 0 Å². The Morgan fingerprint density at radius 1 is 0.512 bits per heavy atom. The van der Waals surface area contributed by atoms with Crippen LogP contribution in [0.1, 0.15) is 181 Å². The summed E-state index contributed by atoms with van der Waals surface area (Å²) < 4.78 is 5.93. The second kappa shape index (κ2) is 34.4. The zero-order valence-corrected chi connectivity index (χ0v) is 28.3. The van der Waals surface area contributed by atoms with Gasteiger partial charge in [-0.1, -0.05) is 133 Å². The van der Waals surface area contributed by atoms with Gasteiger partial charge in [-0.05, 0) is 83.5 Å². The predicted molar refractivity (Wildman–Crippen MR) is 185 cm³/mol. The number of aliphatic carboxylic acids is 1. The average molecular weight is 601 g/mol. The first-order valence-electron chi connectivity index (χ1n) is 18.1. The van der Waals surface area contributed by atoms with Gasteiger partial charge in [0.15, 0.2) is 0 Å².